The van der Waals surface area contributed by atoms with Crippen LogP contribution in [0.1, 0.15) is 26.3 Å². The maximum Gasteiger partial charge on any atom is 0.0312 e. The van der Waals surface area contributed by atoms with Gasteiger partial charge in [-0.15, -0.1) is 0 Å². The van der Waals surface area contributed by atoms with Crippen LogP contribution in [0.5, 0.6) is 0 Å². The summed E-state index contributed by atoms with van der Waals surface area (Å²) in [7, 11) is 2.10. The van der Waals surface area contributed by atoms with Crippen LogP contribution in [0.2, 0.25) is 0 Å². The quantitative estimate of drug-likeness (QED) is 0.844. The van der Waals surface area contributed by atoms with Gasteiger partial charge in [-0.1, -0.05) is 26.8 Å². The average Bonchev–Trinajstić information content (AvgIpc) is 2.17. The van der Waals surface area contributed by atoms with Crippen LogP contribution in [0.4, 0.5) is 0 Å². The van der Waals surface area contributed by atoms with Crippen molar-refractivity contribution in [3.05, 3.63) is 30.1 Å². The van der Waals surface area contributed by atoms with E-state index in [-0.39, 0.29) is 11.5 Å². The number of aromatic nitrogens is 1. The molecule has 0 aliphatic heterocycles. The first kappa shape index (κ1) is 13.1. The smallest absolute Gasteiger partial charge is 0.0312 e. The Morgan fingerprint density at radius 3 is 2.62 bits per heavy atom. The van der Waals surface area contributed by atoms with Gasteiger partial charge in [-0.05, 0) is 24.1 Å². The van der Waals surface area contributed by atoms with Gasteiger partial charge in [-0.25, -0.2) is 0 Å². The number of rotatable bonds is 4. The molecule has 1 aromatic rings. The zero-order valence-electron chi connectivity index (χ0n) is 10.8. The zero-order valence-corrected chi connectivity index (χ0v) is 10.8. The molecular weight excluding hydrogens is 198 g/mol. The third kappa shape index (κ3) is 4.29. The van der Waals surface area contributed by atoms with Crippen LogP contribution in [0.15, 0.2) is 24.5 Å². The van der Waals surface area contributed by atoms with E-state index in [1.54, 1.807) is 6.20 Å². The number of pyridine rings is 1. The van der Waals surface area contributed by atoms with Gasteiger partial charge < -0.3 is 10.6 Å². The summed E-state index contributed by atoms with van der Waals surface area (Å²) in [5.74, 6) is 0. The molecule has 0 bridgehead atoms. The topological polar surface area (TPSA) is 42.2 Å². The summed E-state index contributed by atoms with van der Waals surface area (Å²) in [4.78, 5) is 6.35. The molecule has 0 aliphatic rings. The minimum atomic E-state index is 0.156. The van der Waals surface area contributed by atoms with Gasteiger partial charge in [0.15, 0.2) is 0 Å². The largest absolute Gasteiger partial charge is 0.326 e. The number of nitrogens with two attached hydrogens (primary N) is 1. The highest BCUT2D eigenvalue weighted by Crippen LogP contribution is 2.18. The van der Waals surface area contributed by atoms with E-state index in [4.69, 9.17) is 5.73 Å². The minimum Gasteiger partial charge on any atom is -0.326 e. The summed E-state index contributed by atoms with van der Waals surface area (Å²) in [5.41, 5.74) is 7.53. The molecule has 0 radical (unpaired) electrons. The van der Waals surface area contributed by atoms with Crippen molar-refractivity contribution in [1.82, 2.24) is 9.88 Å². The van der Waals surface area contributed by atoms with Gasteiger partial charge in [0.25, 0.3) is 0 Å². The standard InChI is InChI=1S/C13H23N3/c1-13(2,3)12(14)10-16(4)9-11-6-5-7-15-8-11/h5-8,12H,9-10,14H2,1-4H3. The first-order valence-corrected chi connectivity index (χ1v) is 5.72. The lowest BCUT2D eigenvalue weighted by Crippen LogP contribution is -2.43. The lowest BCUT2D eigenvalue weighted by atomic mass is 9.87. The Kier molecular flexibility index (Phi) is 4.44. The third-order valence-corrected chi connectivity index (χ3v) is 2.80. The number of hydrogen-bond donors (Lipinski definition) is 1. The first-order chi connectivity index (χ1) is 7.39. The highest BCUT2D eigenvalue weighted by Gasteiger charge is 2.21. The lowest BCUT2D eigenvalue weighted by molar-refractivity contribution is 0.222. The molecule has 1 atom stereocenters. The summed E-state index contributed by atoms with van der Waals surface area (Å²) in [6, 6.07) is 4.24. The number of likely N-dealkylation sites (N-methyl/N-ethyl adjacent to an activating group) is 1. The molecule has 0 spiro atoms. The van der Waals surface area contributed by atoms with E-state index in [0.29, 0.717) is 0 Å². The molecule has 3 nitrogen and oxygen atoms in total. The molecule has 0 saturated heterocycles. The van der Waals surface area contributed by atoms with E-state index in [2.05, 4.69) is 43.8 Å². The Labute approximate surface area is 98.7 Å². The van der Waals surface area contributed by atoms with Crippen molar-refractivity contribution in [2.24, 2.45) is 11.1 Å². The van der Waals surface area contributed by atoms with Gasteiger partial charge in [-0.3, -0.25) is 4.98 Å². The van der Waals surface area contributed by atoms with Gasteiger partial charge in [0, 0.05) is 31.5 Å². The van der Waals surface area contributed by atoms with Crippen LogP contribution >= 0.6 is 0 Å². The molecule has 1 unspecified atom stereocenters. The summed E-state index contributed by atoms with van der Waals surface area (Å²) in [5, 5.41) is 0. The van der Waals surface area contributed by atoms with Crippen molar-refractivity contribution < 1.29 is 0 Å². The van der Waals surface area contributed by atoms with Crippen LogP contribution < -0.4 is 5.73 Å². The molecule has 0 aliphatic carbocycles. The van der Waals surface area contributed by atoms with Crippen molar-refractivity contribution in [3.63, 3.8) is 0 Å². The number of hydrogen-bond acceptors (Lipinski definition) is 3. The van der Waals surface area contributed by atoms with E-state index in [1.807, 2.05) is 12.3 Å². The van der Waals surface area contributed by atoms with Crippen molar-refractivity contribution >= 4 is 0 Å². The minimum absolute atomic E-state index is 0.156. The molecule has 0 aromatic carbocycles. The van der Waals surface area contributed by atoms with Gasteiger partial charge in [0.1, 0.15) is 0 Å². The van der Waals surface area contributed by atoms with Crippen LogP contribution in [-0.4, -0.2) is 29.5 Å². The molecule has 2 N–H and O–H groups in total. The summed E-state index contributed by atoms with van der Waals surface area (Å²) < 4.78 is 0. The van der Waals surface area contributed by atoms with E-state index in [1.165, 1.54) is 5.56 Å². The Morgan fingerprint density at radius 1 is 1.44 bits per heavy atom. The van der Waals surface area contributed by atoms with Crippen molar-refractivity contribution in [3.8, 4) is 0 Å². The summed E-state index contributed by atoms with van der Waals surface area (Å²) in [6.07, 6.45) is 3.70. The van der Waals surface area contributed by atoms with Crippen molar-refractivity contribution in [2.45, 2.75) is 33.4 Å². The van der Waals surface area contributed by atoms with E-state index < -0.39 is 0 Å². The molecule has 16 heavy (non-hydrogen) atoms. The van der Waals surface area contributed by atoms with Gasteiger partial charge in [0.05, 0.1) is 0 Å². The molecule has 3 heteroatoms. The fraction of sp³-hybridized carbons (Fsp3) is 0.615. The van der Waals surface area contributed by atoms with Crippen molar-refractivity contribution in [1.29, 1.82) is 0 Å². The van der Waals surface area contributed by atoms with Gasteiger partial charge in [-0.2, -0.15) is 0 Å². The van der Waals surface area contributed by atoms with Crippen LogP contribution in [-0.2, 0) is 6.54 Å². The molecule has 90 valence electrons. The van der Waals surface area contributed by atoms with Crippen LogP contribution in [0.25, 0.3) is 0 Å². The van der Waals surface area contributed by atoms with Crippen LogP contribution in [0, 0.1) is 5.41 Å². The monoisotopic (exact) mass is 221 g/mol. The maximum atomic E-state index is 6.15. The predicted octanol–water partition coefficient (Wildman–Crippen LogP) is 1.89. The Morgan fingerprint density at radius 2 is 2.12 bits per heavy atom. The Bertz CT molecular complexity index is 303. The van der Waals surface area contributed by atoms with Crippen molar-refractivity contribution in [2.75, 3.05) is 13.6 Å². The third-order valence-electron chi connectivity index (χ3n) is 2.80. The second-order valence-electron chi connectivity index (χ2n) is 5.53. The fourth-order valence-electron chi connectivity index (χ4n) is 1.48. The summed E-state index contributed by atoms with van der Waals surface area (Å²) in [6.45, 7) is 8.33. The lowest BCUT2D eigenvalue weighted by Gasteiger charge is -2.30. The Hall–Kier alpha value is -0.930. The molecule has 1 heterocycles. The SMILES string of the molecule is CN(Cc1cccnc1)CC(N)C(C)(C)C. The normalized spacial score (nSPS) is 14.1. The highest BCUT2D eigenvalue weighted by atomic mass is 15.1. The van der Waals surface area contributed by atoms with Gasteiger partial charge in [0.2, 0.25) is 0 Å². The molecule has 1 rings (SSSR count). The van der Waals surface area contributed by atoms with E-state index in [0.717, 1.165) is 13.1 Å². The molecule has 1 aromatic heterocycles. The van der Waals surface area contributed by atoms with E-state index >= 15 is 0 Å². The second kappa shape index (κ2) is 5.41. The average molecular weight is 221 g/mol. The van der Waals surface area contributed by atoms with E-state index in [9.17, 15) is 0 Å². The molecule has 0 saturated carbocycles. The Balaban J connectivity index is 2.45. The highest BCUT2D eigenvalue weighted by molar-refractivity contribution is 5.08. The maximum absolute atomic E-state index is 6.15. The summed E-state index contributed by atoms with van der Waals surface area (Å²) >= 11 is 0. The number of nitrogens with zero attached hydrogens (tertiary/aromatic N) is 2. The molecule has 0 fully saturated rings. The zero-order chi connectivity index (χ0) is 12.2. The first-order valence-electron chi connectivity index (χ1n) is 5.72. The molecule has 0 amide bonds. The second-order valence-corrected chi connectivity index (χ2v) is 5.53. The predicted molar refractivity (Wildman–Crippen MR) is 68.0 cm³/mol. The van der Waals surface area contributed by atoms with Gasteiger partial charge >= 0.3 is 0 Å². The van der Waals surface area contributed by atoms with Crippen LogP contribution in [0.3, 0.4) is 0 Å². The fourth-order valence-corrected chi connectivity index (χ4v) is 1.48. The molecular formula is C13H23N3.